The third-order valence-corrected chi connectivity index (χ3v) is 27.4. The number of ketones is 1. The predicted octanol–water partition coefficient (Wildman–Crippen LogP) is 6.52. The number of amides is 4. The van der Waals surface area contributed by atoms with E-state index in [-0.39, 0.29) is 105 Å². The molecule has 43 heteroatoms. The predicted molar refractivity (Wildman–Crippen MR) is 419 cm³/mol. The number of rotatable bonds is 27. The lowest BCUT2D eigenvalue weighted by Gasteiger charge is -2.46. The van der Waals surface area contributed by atoms with Crippen LogP contribution in [0.2, 0.25) is 0 Å². The summed E-state index contributed by atoms with van der Waals surface area (Å²) in [4.78, 5) is 121. The molecule has 5 N–H and O–H groups in total. The first-order valence-corrected chi connectivity index (χ1v) is 41.7. The Hall–Kier alpha value is -9.80. The van der Waals surface area contributed by atoms with Crippen molar-refractivity contribution in [1.29, 1.82) is 0 Å². The summed E-state index contributed by atoms with van der Waals surface area (Å²) in [6, 6.07) is 27.1. The van der Waals surface area contributed by atoms with Gasteiger partial charge in [-0.2, -0.15) is 4.98 Å². The summed E-state index contributed by atoms with van der Waals surface area (Å²) in [7, 11) is -3.31. The fraction of sp³-hybridized carbons (Fsp3) is 0.431. The van der Waals surface area contributed by atoms with Gasteiger partial charge in [-0.3, -0.25) is 55.9 Å². The Balaban J connectivity index is 0.740. The molecule has 0 unspecified atom stereocenters. The summed E-state index contributed by atoms with van der Waals surface area (Å²) in [5.41, 5.74) is 1.55. The van der Waals surface area contributed by atoms with Crippen LogP contribution in [0.5, 0.6) is 0 Å². The second-order valence-electron chi connectivity index (χ2n) is 28.6. The summed E-state index contributed by atoms with van der Waals surface area (Å²) in [5.74, 6) is -2.20. The number of hydrogen-bond donors (Lipinski definition) is 5. The number of amidine groups is 1. The number of Topliss-reactive ketones (excluding diaryl/α,β-unsaturated/α-hetero) is 1. The van der Waals surface area contributed by atoms with Crippen molar-refractivity contribution in [3.63, 3.8) is 0 Å². The van der Waals surface area contributed by atoms with E-state index in [1.54, 1.807) is 161 Å². The zero-order valence-electron chi connectivity index (χ0n) is 64.5. The van der Waals surface area contributed by atoms with Crippen LogP contribution in [0, 0.1) is 5.92 Å². The van der Waals surface area contributed by atoms with Crippen LogP contribution in [0.25, 0.3) is 22.3 Å². The van der Waals surface area contributed by atoms with Gasteiger partial charge in [-0.25, -0.2) is 72.7 Å². The second kappa shape index (κ2) is 34.9. The number of carbonyl (C=O) groups is 5. The first-order valence-electron chi connectivity index (χ1n) is 37.1. The van der Waals surface area contributed by atoms with E-state index in [9.17, 15) is 28.8 Å². The minimum absolute atomic E-state index is 0.0144. The van der Waals surface area contributed by atoms with Crippen molar-refractivity contribution >= 4 is 104 Å². The molecule has 4 amide bonds. The quantitative estimate of drug-likeness (QED) is 0.0342. The third kappa shape index (κ3) is 17.7. The van der Waals surface area contributed by atoms with Crippen molar-refractivity contribution in [1.82, 2.24) is 96.8 Å². The van der Waals surface area contributed by atoms with Crippen LogP contribution in [0.15, 0.2) is 145 Å². The number of aliphatic imine (C=N–C) groups is 1. The number of carbonyl (C=O) groups excluding carboxylic acids is 5. The summed E-state index contributed by atoms with van der Waals surface area (Å²) < 4.78 is 111. The van der Waals surface area contributed by atoms with Crippen LogP contribution >= 0.6 is 23.0 Å². The molecule has 0 aliphatic carbocycles. The standard InChI is InChI=1S/C72H89N24O16P3/c1-10-49-31-90(35-58(109-49)95-44-80-62-64(75-41-77-66(62)95)86-71(101)48-24-18-13-19-25-48)113(103,87(4)5)107-39-52-33-92(36-59(112-52)96-42-78-60-53(97)28-55(81-67(60)96)83-68(98)45(2)3)115(105,89(8)9)108-38-51-32-91(34-57(111-51)93-27-26-54(84-72(93)102)82-69(99)46-20-14-11-15-21-46)114(104,88(6)7)106-37-50-29-73-30-56(110-50)94-43-79-61-63(74-40-76-65(61)94)85-70(100)47-22-16-12-17-23-47/h11-27,40-45,49-52,56-59,73H,10,28-39H2,1-9H3,(H,81,83,98)(H,74,76,85,100)(H,75,77,86,101)(H,82,84,99,102)/t49-,50+,51+,52+,56-,57-,58-,59-,113+,114+,115+/m1/s1. The average molecular weight is 1640 g/mol. The van der Waals surface area contributed by atoms with Gasteiger partial charge in [0, 0.05) is 61.5 Å². The molecule has 11 heterocycles. The Morgan fingerprint density at radius 1 is 0.513 bits per heavy atom. The molecule has 5 aliphatic rings. The third-order valence-electron chi connectivity index (χ3n) is 19.8. The lowest BCUT2D eigenvalue weighted by molar-refractivity contribution is -0.129. The number of imidazole rings is 3. The molecular formula is C72H89N24O16P3. The highest BCUT2D eigenvalue weighted by atomic mass is 31.2. The van der Waals surface area contributed by atoms with Gasteiger partial charge in [0.1, 0.15) is 43.0 Å². The van der Waals surface area contributed by atoms with Gasteiger partial charge in [-0.05, 0) is 91.2 Å². The molecule has 0 radical (unpaired) electrons. The molecule has 4 fully saturated rings. The Labute approximate surface area is 659 Å². The maximum atomic E-state index is 16.5. The molecule has 40 nitrogen and oxygen atoms in total. The van der Waals surface area contributed by atoms with Crippen molar-refractivity contribution in [2.75, 3.05) is 130 Å². The van der Waals surface area contributed by atoms with E-state index >= 15 is 13.7 Å². The van der Waals surface area contributed by atoms with Crippen molar-refractivity contribution in [3.05, 3.63) is 168 Å². The highest BCUT2D eigenvalue weighted by Crippen LogP contribution is 2.59. The van der Waals surface area contributed by atoms with Crippen LogP contribution in [-0.4, -0.2) is 260 Å². The van der Waals surface area contributed by atoms with Crippen LogP contribution in [0.4, 0.5) is 23.3 Å². The van der Waals surface area contributed by atoms with Crippen LogP contribution in [0.1, 0.15) is 100 Å². The number of morpholine rings is 4. The van der Waals surface area contributed by atoms with Crippen molar-refractivity contribution in [2.24, 2.45) is 10.9 Å². The number of anilines is 3. The number of nitrogens with one attached hydrogen (secondary N) is 5. The zero-order chi connectivity index (χ0) is 81.0. The SMILES string of the molecule is CC[C@@H]1CN([P@@](=O)(OC[C@@H]2CN([P@@](=O)(OC[C@@H]3CN([P@@](=O)(OC[C@@H]4CNC[C@H](n5cnc6c(NC(=O)c7ccccc7)ncnc65)O4)N(C)C)C[C@H](n4ccc(NC(=O)c5ccccc5)nc4=O)O3)N(C)C)C[C@H](n3cnc4c3N=C(NC(=O)C(C)C)CC4=O)O2)N(C)C)C[C@H](n2cnc3c(NC(=O)c4ccccc4)ncnc32)O1. The molecule has 0 saturated carbocycles. The smallest absolute Gasteiger partial charge is 0.351 e. The first-order chi connectivity index (χ1) is 55.3. The molecule has 5 aliphatic heterocycles. The molecule has 608 valence electrons. The Morgan fingerprint density at radius 2 is 0.948 bits per heavy atom. The number of hydrogen-bond acceptors (Lipinski definition) is 26. The largest absolute Gasteiger partial charge is 0.352 e. The van der Waals surface area contributed by atoms with E-state index in [0.29, 0.717) is 46.5 Å². The molecule has 9 aromatic rings. The van der Waals surface area contributed by atoms with Crippen LogP contribution < -0.4 is 32.3 Å². The number of benzene rings is 3. The van der Waals surface area contributed by atoms with Crippen LogP contribution in [-0.2, 0) is 51.0 Å². The fourth-order valence-electron chi connectivity index (χ4n) is 13.7. The number of ether oxygens (including phenoxy) is 4. The van der Waals surface area contributed by atoms with E-state index in [1.807, 2.05) is 6.92 Å². The maximum Gasteiger partial charge on any atom is 0.351 e. The topological polar surface area (TPSA) is 433 Å². The zero-order valence-corrected chi connectivity index (χ0v) is 67.1. The fourth-order valence-corrected chi connectivity index (χ4v) is 19.7. The molecule has 14 rings (SSSR count). The Bertz CT molecular complexity index is 5310. The van der Waals surface area contributed by atoms with Crippen molar-refractivity contribution < 1.29 is 70.2 Å². The summed E-state index contributed by atoms with van der Waals surface area (Å²) in [6.07, 6.45) is 1.01. The molecule has 11 atom stereocenters. The van der Waals surface area contributed by atoms with Gasteiger partial charge in [0.15, 0.2) is 57.5 Å². The Kier molecular flexibility index (Phi) is 24.8. The Morgan fingerprint density at radius 3 is 1.43 bits per heavy atom. The molecule has 3 aromatic carbocycles. The van der Waals surface area contributed by atoms with Gasteiger partial charge in [0.2, 0.25) is 5.91 Å². The molecule has 4 saturated heterocycles. The lowest BCUT2D eigenvalue weighted by atomic mass is 10.1. The van der Waals surface area contributed by atoms with E-state index in [2.05, 4.69) is 66.5 Å². The molecular weight excluding hydrogens is 1550 g/mol. The summed E-state index contributed by atoms with van der Waals surface area (Å²) in [5, 5.41) is 14.4. The van der Waals surface area contributed by atoms with Crippen molar-refractivity contribution in [2.45, 2.75) is 82.9 Å². The highest BCUT2D eigenvalue weighted by Gasteiger charge is 2.49. The molecule has 0 bridgehead atoms. The first kappa shape index (κ1) is 81.8. The van der Waals surface area contributed by atoms with E-state index in [4.69, 9.17) is 37.5 Å². The molecule has 0 spiro atoms. The number of nitrogens with zero attached hydrogens (tertiary/aromatic N) is 19. The minimum Gasteiger partial charge on any atom is -0.352 e. The normalized spacial score (nSPS) is 22.8. The van der Waals surface area contributed by atoms with Crippen LogP contribution in [0.3, 0.4) is 0 Å². The van der Waals surface area contributed by atoms with Gasteiger partial charge in [-0.1, -0.05) is 75.4 Å². The second-order valence-corrected chi connectivity index (χ2v) is 36.4. The van der Waals surface area contributed by atoms with Gasteiger partial charge in [0.25, 0.3) is 17.7 Å². The van der Waals surface area contributed by atoms with E-state index < -0.39 is 121 Å². The van der Waals surface area contributed by atoms with Gasteiger partial charge in [0.05, 0.1) is 89.3 Å². The monoisotopic (exact) mass is 1640 g/mol. The molecule has 115 heavy (non-hydrogen) atoms. The van der Waals surface area contributed by atoms with Gasteiger partial charge < -0.3 is 59.1 Å². The van der Waals surface area contributed by atoms with Gasteiger partial charge >= 0.3 is 28.7 Å². The van der Waals surface area contributed by atoms with E-state index in [1.165, 1.54) is 76.4 Å². The highest BCUT2D eigenvalue weighted by molar-refractivity contribution is 7.54. The van der Waals surface area contributed by atoms with E-state index in [0.717, 1.165) is 0 Å². The maximum absolute atomic E-state index is 16.5. The lowest BCUT2D eigenvalue weighted by Crippen LogP contribution is -2.51. The van der Waals surface area contributed by atoms with Gasteiger partial charge in [-0.15, -0.1) is 0 Å². The summed E-state index contributed by atoms with van der Waals surface area (Å²) in [6.45, 7) is 3.92. The minimum atomic E-state index is -4.42. The average Bonchev–Trinajstić information content (AvgIpc) is 1.72. The molecule has 6 aromatic heterocycles. The van der Waals surface area contributed by atoms with Crippen molar-refractivity contribution in [3.8, 4) is 0 Å². The number of fused-ring (bicyclic) bond motifs is 3. The number of aromatic nitrogens is 12. The summed E-state index contributed by atoms with van der Waals surface area (Å²) >= 11 is 0.